The maximum absolute atomic E-state index is 12.6. The second-order valence-electron chi connectivity index (χ2n) is 5.22. The van der Waals surface area contributed by atoms with Crippen LogP contribution in [0.3, 0.4) is 0 Å². The Morgan fingerprint density at radius 3 is 2.48 bits per heavy atom. The highest BCUT2D eigenvalue weighted by molar-refractivity contribution is 8.14. The van der Waals surface area contributed by atoms with Crippen LogP contribution in [-0.4, -0.2) is 10.3 Å². The summed E-state index contributed by atoms with van der Waals surface area (Å²) in [4.78, 5) is 0. The second-order valence-corrected chi connectivity index (χ2v) is 6.65. The molecule has 0 heterocycles. The average Bonchev–Trinajstić information content (AvgIpc) is 2.39. The largest absolute Gasteiger partial charge is 1.00 e. The Labute approximate surface area is 133 Å². The van der Waals surface area contributed by atoms with Crippen molar-refractivity contribution in [3.8, 4) is 0 Å². The summed E-state index contributed by atoms with van der Waals surface area (Å²) >= 11 is 1.64. The highest BCUT2D eigenvalue weighted by Crippen LogP contribution is 2.31. The highest BCUT2D eigenvalue weighted by Gasteiger charge is 2.30. The van der Waals surface area contributed by atoms with Crippen LogP contribution in [0, 0.1) is 0 Å². The van der Waals surface area contributed by atoms with Crippen molar-refractivity contribution in [2.24, 2.45) is 0 Å². The van der Waals surface area contributed by atoms with Crippen LogP contribution >= 0.6 is 11.8 Å². The van der Waals surface area contributed by atoms with E-state index in [1.54, 1.807) is 17.8 Å². The lowest BCUT2D eigenvalue weighted by atomic mass is 10.0. The summed E-state index contributed by atoms with van der Waals surface area (Å²) in [6, 6.07) is 5.42. The van der Waals surface area contributed by atoms with Gasteiger partial charge in [-0.05, 0) is 24.5 Å². The van der Waals surface area contributed by atoms with Crippen LogP contribution in [0.5, 0.6) is 0 Å². The number of thioether (sulfide) groups is 1. The molecule has 0 amide bonds. The summed E-state index contributed by atoms with van der Waals surface area (Å²) in [6.45, 7) is 0. The lowest BCUT2D eigenvalue weighted by molar-refractivity contribution is -0.137. The van der Waals surface area contributed by atoms with Crippen molar-refractivity contribution in [2.45, 2.75) is 50.0 Å². The molecule has 1 aromatic rings. The molecular weight excluding hydrogens is 319 g/mol. The van der Waals surface area contributed by atoms with Crippen molar-refractivity contribution in [1.82, 2.24) is 0 Å². The van der Waals surface area contributed by atoms with E-state index in [0.717, 1.165) is 24.0 Å². The maximum atomic E-state index is 12.6. The SMILES string of the molecule is [Cl-].[NH2+]=C(Cc1cccc(C(F)(F)F)c1)SC1CCCCC1. The van der Waals surface area contributed by atoms with Gasteiger partial charge < -0.3 is 12.4 Å². The molecule has 0 spiro atoms. The minimum atomic E-state index is -4.29. The highest BCUT2D eigenvalue weighted by atomic mass is 35.5. The van der Waals surface area contributed by atoms with Crippen LogP contribution in [0.25, 0.3) is 0 Å². The molecule has 6 heteroatoms. The molecule has 1 saturated carbocycles. The van der Waals surface area contributed by atoms with Crippen LogP contribution in [-0.2, 0) is 12.6 Å². The number of benzene rings is 1. The van der Waals surface area contributed by atoms with Gasteiger partial charge in [0.1, 0.15) is 0 Å². The third kappa shape index (κ3) is 5.91. The molecule has 0 saturated heterocycles. The van der Waals surface area contributed by atoms with Crippen LogP contribution in [0.1, 0.15) is 43.2 Å². The van der Waals surface area contributed by atoms with E-state index >= 15 is 0 Å². The molecule has 1 aromatic carbocycles. The van der Waals surface area contributed by atoms with E-state index in [-0.39, 0.29) is 12.4 Å². The maximum Gasteiger partial charge on any atom is 0.416 e. The van der Waals surface area contributed by atoms with Gasteiger partial charge in [0.05, 0.1) is 12.0 Å². The van der Waals surface area contributed by atoms with Gasteiger partial charge in [-0.2, -0.15) is 13.2 Å². The van der Waals surface area contributed by atoms with Gasteiger partial charge in [-0.1, -0.05) is 49.2 Å². The Kier molecular flexibility index (Phi) is 7.07. The molecule has 118 valence electrons. The summed E-state index contributed by atoms with van der Waals surface area (Å²) in [5.74, 6) is 0. The Morgan fingerprint density at radius 1 is 1.19 bits per heavy atom. The summed E-state index contributed by atoms with van der Waals surface area (Å²) < 4.78 is 37.9. The van der Waals surface area contributed by atoms with Crippen molar-refractivity contribution in [3.05, 3.63) is 35.4 Å². The molecule has 1 fully saturated rings. The van der Waals surface area contributed by atoms with E-state index in [0.29, 0.717) is 17.2 Å². The second kappa shape index (κ2) is 8.08. The van der Waals surface area contributed by atoms with Crippen molar-refractivity contribution in [2.75, 3.05) is 0 Å². The molecule has 1 nitrogen and oxygen atoms in total. The fraction of sp³-hybridized carbons (Fsp3) is 0.533. The summed E-state index contributed by atoms with van der Waals surface area (Å²) in [5.41, 5.74) is 0.0195. The van der Waals surface area contributed by atoms with Crippen molar-refractivity contribution < 1.29 is 31.0 Å². The van der Waals surface area contributed by atoms with Crippen LogP contribution in [0.2, 0.25) is 0 Å². The fourth-order valence-electron chi connectivity index (χ4n) is 2.50. The first-order chi connectivity index (χ1) is 9.45. The molecule has 0 bridgehead atoms. The molecule has 0 aromatic heterocycles. The number of rotatable bonds is 3. The van der Waals surface area contributed by atoms with E-state index < -0.39 is 11.7 Å². The van der Waals surface area contributed by atoms with Gasteiger partial charge in [0.25, 0.3) is 0 Å². The monoisotopic (exact) mass is 337 g/mol. The van der Waals surface area contributed by atoms with Gasteiger partial charge in [-0.15, -0.1) is 0 Å². The van der Waals surface area contributed by atoms with Gasteiger partial charge >= 0.3 is 6.18 Å². The predicted molar refractivity (Wildman–Crippen MR) is 76.5 cm³/mol. The molecule has 21 heavy (non-hydrogen) atoms. The number of halogens is 4. The number of hydrogen-bond donors (Lipinski definition) is 1. The topological polar surface area (TPSA) is 25.6 Å². The molecule has 0 radical (unpaired) electrons. The Bertz CT molecular complexity index is 470. The summed E-state index contributed by atoms with van der Waals surface area (Å²) in [6.07, 6.45) is 2.18. The molecule has 2 N–H and O–H groups in total. The third-order valence-corrected chi connectivity index (χ3v) is 4.75. The van der Waals surface area contributed by atoms with E-state index in [9.17, 15) is 13.2 Å². The first-order valence-corrected chi connectivity index (χ1v) is 7.77. The summed E-state index contributed by atoms with van der Waals surface area (Å²) in [5, 5.41) is 7.25. The molecule has 2 rings (SSSR count). The zero-order valence-corrected chi connectivity index (χ0v) is 13.2. The van der Waals surface area contributed by atoms with Crippen molar-refractivity contribution in [1.29, 1.82) is 0 Å². The smallest absolute Gasteiger partial charge is 0.416 e. The van der Waals surface area contributed by atoms with Gasteiger partial charge in [0, 0.05) is 5.25 Å². The standard InChI is InChI=1S/C15H18F3NS.ClH/c16-15(17,18)12-6-4-5-11(9-12)10-14(19)20-13-7-2-1-3-8-13;/h4-6,9,13,19H,1-3,7-8,10H2;1H. The van der Waals surface area contributed by atoms with Crippen molar-refractivity contribution >= 4 is 16.8 Å². The normalized spacial score (nSPS) is 16.3. The molecule has 1 aliphatic carbocycles. The van der Waals surface area contributed by atoms with Gasteiger partial charge in [-0.3, -0.25) is 5.41 Å². The fourth-order valence-corrected chi connectivity index (χ4v) is 3.74. The molecular formula is C15H19ClF3NS. The third-order valence-electron chi connectivity index (χ3n) is 3.50. The van der Waals surface area contributed by atoms with Crippen molar-refractivity contribution in [3.63, 3.8) is 0 Å². The number of alkyl halides is 3. The van der Waals surface area contributed by atoms with E-state index in [1.807, 2.05) is 0 Å². The first-order valence-electron chi connectivity index (χ1n) is 6.89. The predicted octanol–water partition coefficient (Wildman–Crippen LogP) is 0.475. The van der Waals surface area contributed by atoms with Crippen LogP contribution in [0.4, 0.5) is 13.2 Å². The quantitative estimate of drug-likeness (QED) is 0.630. The van der Waals surface area contributed by atoms with Gasteiger partial charge in [-0.25, -0.2) is 0 Å². The van der Waals surface area contributed by atoms with E-state index in [2.05, 4.69) is 0 Å². The average molecular weight is 338 g/mol. The lowest BCUT2D eigenvalue weighted by Gasteiger charge is -2.19. The number of nitrogens with two attached hydrogens (primary N) is 1. The van der Waals surface area contributed by atoms with Crippen LogP contribution in [0.15, 0.2) is 24.3 Å². The van der Waals surface area contributed by atoms with E-state index in [4.69, 9.17) is 5.41 Å². The molecule has 0 atom stereocenters. The Morgan fingerprint density at radius 2 is 1.86 bits per heavy atom. The lowest BCUT2D eigenvalue weighted by Crippen LogP contribution is -3.00. The van der Waals surface area contributed by atoms with Gasteiger partial charge in [0.2, 0.25) is 5.04 Å². The summed E-state index contributed by atoms with van der Waals surface area (Å²) in [7, 11) is 0. The molecule has 1 aliphatic rings. The zero-order chi connectivity index (χ0) is 14.6. The minimum absolute atomic E-state index is 0. The number of hydrogen-bond acceptors (Lipinski definition) is 1. The minimum Gasteiger partial charge on any atom is -1.00 e. The van der Waals surface area contributed by atoms with Crippen LogP contribution < -0.4 is 17.8 Å². The first kappa shape index (κ1) is 18.4. The Balaban J connectivity index is 0.00000220. The van der Waals surface area contributed by atoms with E-state index in [1.165, 1.54) is 31.4 Å². The van der Waals surface area contributed by atoms with Gasteiger partial charge in [0.15, 0.2) is 0 Å². The molecule has 0 aliphatic heterocycles. The Hall–Kier alpha value is -0.680. The molecule has 0 unspecified atom stereocenters. The zero-order valence-electron chi connectivity index (χ0n) is 11.6.